The number of ether oxygens (including phenoxy) is 1. The van der Waals surface area contributed by atoms with Gasteiger partial charge in [0, 0.05) is 12.1 Å². The number of amidine groups is 1. The molecule has 0 saturated carbocycles. The van der Waals surface area contributed by atoms with Crippen molar-refractivity contribution in [1.82, 2.24) is 15.4 Å². The Morgan fingerprint density at radius 2 is 1.75 bits per heavy atom. The summed E-state index contributed by atoms with van der Waals surface area (Å²) < 4.78 is 32.6. The van der Waals surface area contributed by atoms with E-state index in [1.165, 1.54) is 50.1 Å². The Hall–Kier alpha value is -3.46. The average molecular weight is 594 g/mol. The first kappa shape index (κ1) is 32.8. The van der Waals surface area contributed by atoms with Crippen molar-refractivity contribution in [2.45, 2.75) is 43.8 Å². The van der Waals surface area contributed by atoms with Gasteiger partial charge >= 0.3 is 5.97 Å². The summed E-state index contributed by atoms with van der Waals surface area (Å²) in [6.45, 7) is 1.41. The first-order chi connectivity index (χ1) is 18.9. The number of nitrogens with two attached hydrogens (primary N) is 1. The number of nitrogen functional groups attached to an aromatic ring is 1. The molecule has 14 heteroatoms. The van der Waals surface area contributed by atoms with Crippen molar-refractivity contribution in [2.24, 2.45) is 5.73 Å². The van der Waals surface area contributed by atoms with E-state index in [1.54, 1.807) is 24.3 Å². The molecule has 0 aliphatic rings. The Kier molecular flexibility index (Phi) is 12.6. The van der Waals surface area contributed by atoms with Crippen LogP contribution in [0.5, 0.6) is 0 Å². The highest BCUT2D eigenvalue weighted by molar-refractivity contribution is 7.98. The average Bonchev–Trinajstić information content (AvgIpc) is 2.92. The Labute approximate surface area is 238 Å². The number of methoxy groups -OCH3 is 1. The third-order valence-corrected chi connectivity index (χ3v) is 7.72. The lowest BCUT2D eigenvalue weighted by Gasteiger charge is -2.24. The van der Waals surface area contributed by atoms with Crippen LogP contribution in [0.4, 0.5) is 0 Å². The largest absolute Gasteiger partial charge is 0.465 e. The van der Waals surface area contributed by atoms with E-state index in [0.29, 0.717) is 11.3 Å². The van der Waals surface area contributed by atoms with Crippen LogP contribution >= 0.6 is 11.8 Å². The number of hydrogen-bond acceptors (Lipinski definition) is 9. The second-order valence-electron chi connectivity index (χ2n) is 8.96. The van der Waals surface area contributed by atoms with Gasteiger partial charge in [-0.1, -0.05) is 36.4 Å². The monoisotopic (exact) mass is 593 g/mol. The molecule has 0 saturated heterocycles. The lowest BCUT2D eigenvalue weighted by molar-refractivity contribution is -0.131. The van der Waals surface area contributed by atoms with Crippen LogP contribution in [0, 0.1) is 5.41 Å². The van der Waals surface area contributed by atoms with Crippen molar-refractivity contribution in [2.75, 3.05) is 19.1 Å². The van der Waals surface area contributed by atoms with Crippen LogP contribution in [-0.2, 0) is 36.6 Å². The number of nitrogens with one attached hydrogen (secondary N) is 4. The molecular weight excluding hydrogens is 558 g/mol. The number of aliphatic hydroxyl groups is 1. The molecule has 2 amide bonds. The molecule has 7 N–H and O–H groups in total. The molecule has 0 fully saturated rings. The molecule has 2 unspecified atom stereocenters. The Balaban J connectivity index is 2.10. The minimum absolute atomic E-state index is 0.0755. The zero-order valence-electron chi connectivity index (χ0n) is 22.5. The van der Waals surface area contributed by atoms with Crippen LogP contribution in [0.2, 0.25) is 0 Å². The van der Waals surface area contributed by atoms with Gasteiger partial charge in [-0.25, -0.2) is 13.2 Å². The van der Waals surface area contributed by atoms with E-state index in [-0.39, 0.29) is 29.9 Å². The van der Waals surface area contributed by atoms with E-state index >= 15 is 0 Å². The van der Waals surface area contributed by atoms with Crippen LogP contribution in [0.15, 0.2) is 48.5 Å². The minimum atomic E-state index is -4.15. The molecule has 218 valence electrons. The molecule has 2 aromatic rings. The second-order valence-corrected chi connectivity index (χ2v) is 11.7. The van der Waals surface area contributed by atoms with E-state index in [1.807, 2.05) is 6.26 Å². The highest BCUT2D eigenvalue weighted by atomic mass is 32.2. The van der Waals surface area contributed by atoms with Crippen LogP contribution in [0.3, 0.4) is 0 Å². The van der Waals surface area contributed by atoms with Crippen LogP contribution < -0.4 is 21.1 Å². The number of sulfonamides is 1. The van der Waals surface area contributed by atoms with E-state index in [4.69, 9.17) is 11.1 Å². The molecule has 0 aliphatic carbocycles. The van der Waals surface area contributed by atoms with Crippen molar-refractivity contribution in [3.05, 3.63) is 70.8 Å². The fourth-order valence-corrected chi connectivity index (χ4v) is 5.48. The number of carbonyl (C=O) groups is 3. The summed E-state index contributed by atoms with van der Waals surface area (Å²) in [5, 5.41) is 23.0. The van der Waals surface area contributed by atoms with Crippen molar-refractivity contribution in [3.63, 3.8) is 0 Å². The number of hydrogen-bond donors (Lipinski definition) is 6. The SMILES string of the molecule is COC(=O)c1cccc(CS(=O)(=O)NC(C(=O)N[C@@H](CCSC)C(=O)NCc2ccc(C(=N)N)cc2)C(C)O)c1. The number of rotatable bonds is 15. The van der Waals surface area contributed by atoms with Crippen LogP contribution in [-0.4, -0.2) is 74.4 Å². The van der Waals surface area contributed by atoms with Gasteiger partial charge in [-0.3, -0.25) is 15.0 Å². The quantitative estimate of drug-likeness (QED) is 0.0965. The number of benzene rings is 2. The molecule has 12 nitrogen and oxygen atoms in total. The molecule has 0 heterocycles. The topological polar surface area (TPSA) is 201 Å². The highest BCUT2D eigenvalue weighted by Crippen LogP contribution is 2.12. The van der Waals surface area contributed by atoms with Crippen molar-refractivity contribution in [1.29, 1.82) is 5.41 Å². The molecule has 2 rings (SSSR count). The summed E-state index contributed by atoms with van der Waals surface area (Å²) in [7, 11) is -2.95. The third kappa shape index (κ3) is 10.3. The minimum Gasteiger partial charge on any atom is -0.465 e. The van der Waals surface area contributed by atoms with Gasteiger partial charge in [-0.2, -0.15) is 16.5 Å². The molecule has 2 aromatic carbocycles. The van der Waals surface area contributed by atoms with E-state index in [9.17, 15) is 27.9 Å². The van der Waals surface area contributed by atoms with Crippen molar-refractivity contribution < 1.29 is 32.6 Å². The van der Waals surface area contributed by atoms with Gasteiger partial charge in [0.25, 0.3) is 0 Å². The van der Waals surface area contributed by atoms with Gasteiger partial charge in [0.05, 0.1) is 24.5 Å². The lowest BCUT2D eigenvalue weighted by atomic mass is 10.1. The smallest absolute Gasteiger partial charge is 0.337 e. The molecule has 0 spiro atoms. The Morgan fingerprint density at radius 3 is 2.33 bits per heavy atom. The Morgan fingerprint density at radius 1 is 1.07 bits per heavy atom. The van der Waals surface area contributed by atoms with Gasteiger partial charge in [0.15, 0.2) is 0 Å². The first-order valence-electron chi connectivity index (χ1n) is 12.2. The first-order valence-corrected chi connectivity index (χ1v) is 15.3. The van der Waals surface area contributed by atoms with Crippen LogP contribution in [0.1, 0.15) is 40.4 Å². The number of amides is 2. The zero-order valence-corrected chi connectivity index (χ0v) is 24.1. The maximum Gasteiger partial charge on any atom is 0.337 e. The summed E-state index contributed by atoms with van der Waals surface area (Å²) in [6.07, 6.45) is 0.692. The summed E-state index contributed by atoms with van der Waals surface area (Å²) in [5.74, 6) is -2.08. The number of aliphatic hydroxyl groups excluding tert-OH is 1. The van der Waals surface area contributed by atoms with Crippen LogP contribution in [0.25, 0.3) is 0 Å². The lowest BCUT2D eigenvalue weighted by Crippen LogP contribution is -2.57. The number of esters is 1. The standard InChI is InChI=1S/C26H35N5O7S2/c1-16(32)22(31-40(36,37)15-18-5-4-6-20(13-18)26(35)38-2)25(34)30-21(11-12-39-3)24(33)29-14-17-7-9-19(10-8-17)23(27)28/h4-10,13,16,21-22,31-32H,11-12,14-15H2,1-3H3,(H3,27,28)(H,29,33)(H,30,34)/t16?,21-,22?/m0/s1. The van der Waals surface area contributed by atoms with Gasteiger partial charge in [-0.15, -0.1) is 0 Å². The molecular formula is C26H35N5O7S2. The maximum atomic E-state index is 13.1. The third-order valence-electron chi connectivity index (χ3n) is 5.75. The summed E-state index contributed by atoms with van der Waals surface area (Å²) in [5.41, 5.74) is 7.19. The molecule has 0 bridgehead atoms. The molecule has 3 atom stereocenters. The fraction of sp³-hybridized carbons (Fsp3) is 0.385. The van der Waals surface area contributed by atoms with Gasteiger partial charge in [0.1, 0.15) is 17.9 Å². The van der Waals surface area contributed by atoms with Gasteiger partial charge in [0.2, 0.25) is 21.8 Å². The van der Waals surface area contributed by atoms with Crippen molar-refractivity contribution in [3.8, 4) is 0 Å². The van der Waals surface area contributed by atoms with E-state index in [2.05, 4.69) is 20.1 Å². The highest BCUT2D eigenvalue weighted by Gasteiger charge is 2.32. The molecule has 0 aliphatic heterocycles. The molecule has 0 radical (unpaired) electrons. The summed E-state index contributed by atoms with van der Waals surface area (Å²) in [4.78, 5) is 37.8. The fourth-order valence-electron chi connectivity index (χ4n) is 3.61. The maximum absolute atomic E-state index is 13.1. The van der Waals surface area contributed by atoms with Gasteiger partial charge in [-0.05, 0) is 48.6 Å². The number of carbonyl (C=O) groups excluding carboxylic acids is 3. The normalized spacial score (nSPS) is 13.5. The molecule has 0 aromatic heterocycles. The predicted molar refractivity (Wildman–Crippen MR) is 153 cm³/mol. The van der Waals surface area contributed by atoms with E-state index in [0.717, 1.165) is 5.56 Å². The van der Waals surface area contributed by atoms with Gasteiger partial charge < -0.3 is 26.2 Å². The predicted octanol–water partition coefficient (Wildman–Crippen LogP) is 0.480. The summed E-state index contributed by atoms with van der Waals surface area (Å²) in [6, 6.07) is 10.0. The van der Waals surface area contributed by atoms with Crippen molar-refractivity contribution >= 4 is 45.4 Å². The van der Waals surface area contributed by atoms with E-state index < -0.39 is 51.7 Å². The Bertz CT molecular complexity index is 1300. The zero-order chi connectivity index (χ0) is 29.9. The summed E-state index contributed by atoms with van der Waals surface area (Å²) >= 11 is 1.47. The second kappa shape index (κ2) is 15.4. The number of thioether (sulfide) groups is 1. The molecule has 40 heavy (non-hydrogen) atoms.